The molecular formula is C23H32N6O6. The molecule has 12 heteroatoms. The van der Waals surface area contributed by atoms with Gasteiger partial charge in [-0.25, -0.2) is 0 Å². The first-order valence-corrected chi connectivity index (χ1v) is 11.0. The number of Topliss-reactive ketones (excluding diaryl/α,β-unsaturated/α-hetero) is 1. The van der Waals surface area contributed by atoms with E-state index in [2.05, 4.69) is 44.4 Å². The van der Waals surface area contributed by atoms with Gasteiger partial charge in [-0.3, -0.25) is 29.3 Å². The summed E-state index contributed by atoms with van der Waals surface area (Å²) in [6, 6.07) is 0.411. The van der Waals surface area contributed by atoms with Crippen molar-refractivity contribution >= 4 is 47.1 Å². The molecule has 2 atom stereocenters. The van der Waals surface area contributed by atoms with Crippen molar-refractivity contribution in [1.82, 2.24) is 15.3 Å². The first-order valence-electron chi connectivity index (χ1n) is 11.0. The monoisotopic (exact) mass is 488 g/mol. The van der Waals surface area contributed by atoms with Crippen molar-refractivity contribution in [3.8, 4) is 0 Å². The third kappa shape index (κ3) is 10.6. The van der Waals surface area contributed by atoms with Crippen molar-refractivity contribution in [1.29, 1.82) is 0 Å². The topological polar surface area (TPSA) is 179 Å². The lowest BCUT2D eigenvalue weighted by Crippen LogP contribution is -2.43. The van der Waals surface area contributed by atoms with Gasteiger partial charge in [0.15, 0.2) is 0 Å². The van der Waals surface area contributed by atoms with Gasteiger partial charge in [-0.1, -0.05) is 27.0 Å². The average molecular weight is 489 g/mol. The van der Waals surface area contributed by atoms with Gasteiger partial charge in [0, 0.05) is 31.4 Å². The quantitative estimate of drug-likeness (QED) is 0.181. The zero-order valence-electron chi connectivity index (χ0n) is 20.1. The van der Waals surface area contributed by atoms with Gasteiger partial charge in [-0.05, 0) is 31.4 Å². The number of carboxylic acids is 1. The highest BCUT2D eigenvalue weighted by atomic mass is 16.4. The van der Waals surface area contributed by atoms with Crippen LogP contribution in [0.2, 0.25) is 0 Å². The van der Waals surface area contributed by atoms with Crippen molar-refractivity contribution < 1.29 is 29.1 Å². The number of anilines is 3. The van der Waals surface area contributed by atoms with Gasteiger partial charge in [-0.15, -0.1) is 0 Å². The molecule has 5 N–H and O–H groups in total. The average Bonchev–Trinajstić information content (AvgIpc) is 2.79. The van der Waals surface area contributed by atoms with Gasteiger partial charge in [0.1, 0.15) is 23.5 Å². The Hall–Kier alpha value is -4.09. The molecule has 0 radical (unpaired) electrons. The van der Waals surface area contributed by atoms with Gasteiger partial charge >= 0.3 is 5.97 Å². The molecule has 0 fully saturated rings. The molecule has 12 nitrogen and oxygen atoms in total. The zero-order chi connectivity index (χ0) is 26.5. The molecule has 1 heterocycles. The molecule has 0 saturated carbocycles. The molecule has 0 unspecified atom stereocenters. The Bertz CT molecular complexity index is 937. The highest BCUT2D eigenvalue weighted by Gasteiger charge is 2.27. The molecule has 0 aromatic carbocycles. The SMILES string of the molecule is C=CC(=O)Nc1cc(NCCCC(=O)C[C@H](C(=O)N[C@@H](C)C(=O)O)C(C)C)nc(NC(=O)C=C)n1. The summed E-state index contributed by atoms with van der Waals surface area (Å²) >= 11 is 0. The van der Waals surface area contributed by atoms with Gasteiger partial charge < -0.3 is 21.1 Å². The van der Waals surface area contributed by atoms with Crippen LogP contribution in [-0.4, -0.2) is 57.1 Å². The van der Waals surface area contributed by atoms with Gasteiger partial charge in [0.25, 0.3) is 0 Å². The van der Waals surface area contributed by atoms with Crippen molar-refractivity contribution in [2.24, 2.45) is 11.8 Å². The van der Waals surface area contributed by atoms with Crippen LogP contribution in [0.15, 0.2) is 31.4 Å². The lowest BCUT2D eigenvalue weighted by atomic mass is 9.88. The number of aromatic nitrogens is 2. The number of aliphatic carboxylic acids is 1. The molecule has 0 saturated heterocycles. The summed E-state index contributed by atoms with van der Waals surface area (Å²) in [6.07, 6.45) is 2.71. The maximum absolute atomic E-state index is 12.4. The Labute approximate surface area is 203 Å². The summed E-state index contributed by atoms with van der Waals surface area (Å²) in [5, 5.41) is 19.3. The molecule has 0 bridgehead atoms. The summed E-state index contributed by atoms with van der Waals surface area (Å²) in [5.41, 5.74) is 0. The predicted molar refractivity (Wildman–Crippen MR) is 131 cm³/mol. The van der Waals surface area contributed by atoms with Crippen LogP contribution >= 0.6 is 0 Å². The minimum absolute atomic E-state index is 0.00118. The summed E-state index contributed by atoms with van der Waals surface area (Å²) in [6.45, 7) is 12.0. The van der Waals surface area contributed by atoms with E-state index in [4.69, 9.17) is 5.11 Å². The number of nitrogens with one attached hydrogen (secondary N) is 4. The number of hydrogen-bond donors (Lipinski definition) is 5. The first-order chi connectivity index (χ1) is 16.5. The maximum Gasteiger partial charge on any atom is 0.325 e. The summed E-state index contributed by atoms with van der Waals surface area (Å²) in [7, 11) is 0. The Morgan fingerprint density at radius 2 is 1.60 bits per heavy atom. The van der Waals surface area contributed by atoms with Crippen LogP contribution in [0.3, 0.4) is 0 Å². The van der Waals surface area contributed by atoms with E-state index in [1.807, 2.05) is 0 Å². The Balaban J connectivity index is 2.70. The largest absolute Gasteiger partial charge is 0.480 e. The number of carbonyl (C=O) groups excluding carboxylic acids is 4. The Morgan fingerprint density at radius 1 is 1.00 bits per heavy atom. The standard InChI is InChI=1S/C23H32N6O6/c1-6-19(31)26-18-12-17(27-23(28-18)29-20(32)7-2)24-10-8-9-15(30)11-16(13(3)4)21(33)25-14(5)22(34)35/h6-7,12-14,16H,1-2,8-11H2,3-5H3,(H,25,33)(H,34,35)(H3,24,26,27,28,29,31,32)/t14-,16-/m0/s1. The minimum atomic E-state index is -1.15. The fourth-order valence-corrected chi connectivity index (χ4v) is 2.86. The molecule has 190 valence electrons. The molecule has 0 aliphatic carbocycles. The molecule has 1 aromatic heterocycles. The first kappa shape index (κ1) is 28.9. The highest BCUT2D eigenvalue weighted by molar-refractivity contribution is 5.99. The Kier molecular flexibility index (Phi) is 11.8. The molecule has 1 aromatic rings. The van der Waals surface area contributed by atoms with E-state index < -0.39 is 35.7 Å². The van der Waals surface area contributed by atoms with Crippen molar-refractivity contribution in [2.75, 3.05) is 22.5 Å². The van der Waals surface area contributed by atoms with Gasteiger partial charge in [0.05, 0.1) is 0 Å². The zero-order valence-corrected chi connectivity index (χ0v) is 20.1. The van der Waals surface area contributed by atoms with Crippen molar-refractivity contribution in [2.45, 2.75) is 46.1 Å². The van der Waals surface area contributed by atoms with Crippen molar-refractivity contribution in [3.63, 3.8) is 0 Å². The van der Waals surface area contributed by atoms with E-state index in [9.17, 15) is 24.0 Å². The lowest BCUT2D eigenvalue weighted by Gasteiger charge is -2.21. The number of carboxylic acid groups (broad SMARTS) is 1. The van der Waals surface area contributed by atoms with Crippen LogP contribution in [0.4, 0.5) is 17.6 Å². The van der Waals surface area contributed by atoms with Crippen molar-refractivity contribution in [3.05, 3.63) is 31.4 Å². The molecule has 1 rings (SSSR count). The smallest absolute Gasteiger partial charge is 0.325 e. The normalized spacial score (nSPS) is 12.1. The second kappa shape index (κ2) is 14.2. The van der Waals surface area contributed by atoms with E-state index in [-0.39, 0.29) is 36.3 Å². The minimum Gasteiger partial charge on any atom is -0.480 e. The third-order valence-corrected chi connectivity index (χ3v) is 4.84. The van der Waals surface area contributed by atoms with E-state index in [0.717, 1.165) is 12.2 Å². The van der Waals surface area contributed by atoms with E-state index >= 15 is 0 Å². The van der Waals surface area contributed by atoms with Crippen LogP contribution in [0.25, 0.3) is 0 Å². The summed E-state index contributed by atoms with van der Waals surface area (Å²) in [5.74, 6) is -3.19. The number of carbonyl (C=O) groups is 5. The second-order valence-corrected chi connectivity index (χ2v) is 8.04. The lowest BCUT2D eigenvalue weighted by molar-refractivity contribution is -0.142. The number of hydrogen-bond acceptors (Lipinski definition) is 8. The fourth-order valence-electron chi connectivity index (χ4n) is 2.86. The number of nitrogens with zero attached hydrogens (tertiary/aromatic N) is 2. The molecule has 35 heavy (non-hydrogen) atoms. The number of rotatable bonds is 15. The molecule has 3 amide bonds. The van der Waals surface area contributed by atoms with E-state index in [1.165, 1.54) is 13.0 Å². The van der Waals surface area contributed by atoms with Crippen LogP contribution in [0, 0.1) is 11.8 Å². The van der Waals surface area contributed by atoms with E-state index in [1.54, 1.807) is 13.8 Å². The predicted octanol–water partition coefficient (Wildman–Crippen LogP) is 1.74. The third-order valence-electron chi connectivity index (χ3n) is 4.84. The van der Waals surface area contributed by atoms with Gasteiger partial charge in [0.2, 0.25) is 23.7 Å². The summed E-state index contributed by atoms with van der Waals surface area (Å²) < 4.78 is 0. The molecule has 0 spiro atoms. The number of ketones is 1. The van der Waals surface area contributed by atoms with E-state index in [0.29, 0.717) is 18.8 Å². The van der Waals surface area contributed by atoms with Crippen LogP contribution in [0.1, 0.15) is 40.0 Å². The Morgan fingerprint density at radius 3 is 2.17 bits per heavy atom. The molecule has 0 aliphatic rings. The second-order valence-electron chi connectivity index (χ2n) is 8.04. The maximum atomic E-state index is 12.4. The molecule has 0 aliphatic heterocycles. The molecular weight excluding hydrogens is 456 g/mol. The summed E-state index contributed by atoms with van der Waals surface area (Å²) in [4.78, 5) is 67.1. The fraction of sp³-hybridized carbons (Fsp3) is 0.435. The van der Waals surface area contributed by atoms with Gasteiger partial charge in [-0.2, -0.15) is 9.97 Å². The van der Waals surface area contributed by atoms with Crippen LogP contribution in [0.5, 0.6) is 0 Å². The van der Waals surface area contributed by atoms with Crippen LogP contribution < -0.4 is 21.3 Å². The number of amides is 3. The highest BCUT2D eigenvalue weighted by Crippen LogP contribution is 2.18. The van der Waals surface area contributed by atoms with Crippen LogP contribution in [-0.2, 0) is 24.0 Å².